The van der Waals surface area contributed by atoms with E-state index in [1.54, 1.807) is 11.9 Å². The minimum Gasteiger partial charge on any atom is -0.384 e. The first-order chi connectivity index (χ1) is 10.1. The summed E-state index contributed by atoms with van der Waals surface area (Å²) in [6.45, 7) is 2.40. The summed E-state index contributed by atoms with van der Waals surface area (Å²) in [5.74, 6) is 5.36. The van der Waals surface area contributed by atoms with Crippen LogP contribution in [0.1, 0.15) is 26.4 Å². The topological polar surface area (TPSA) is 40.5 Å². The van der Waals surface area contributed by atoms with E-state index in [9.17, 15) is 4.79 Å². The molecule has 0 atom stereocenters. The van der Waals surface area contributed by atoms with Crippen molar-refractivity contribution in [2.45, 2.75) is 13.5 Å². The number of hydrogen-bond acceptors (Lipinski definition) is 3. The molecule has 0 aliphatic heterocycles. The highest BCUT2D eigenvalue weighted by atomic mass is 32.1. The number of aryl methyl sites for hydroxylation is 1. The second-order valence-corrected chi connectivity index (χ2v) is 5.63. The summed E-state index contributed by atoms with van der Waals surface area (Å²) >= 11 is 1.38. The molecule has 0 fully saturated rings. The number of rotatable bonds is 3. The van der Waals surface area contributed by atoms with Crippen LogP contribution in [-0.4, -0.2) is 29.6 Å². The zero-order valence-electron chi connectivity index (χ0n) is 12.1. The summed E-state index contributed by atoms with van der Waals surface area (Å²) in [6, 6.07) is 9.84. The smallest absolute Gasteiger partial charge is 0.265 e. The highest BCUT2D eigenvalue weighted by Crippen LogP contribution is 2.19. The molecule has 2 aromatic rings. The number of nitrogens with zero attached hydrogens (tertiary/aromatic N) is 1. The first-order valence-electron chi connectivity index (χ1n) is 6.60. The second-order valence-electron chi connectivity index (χ2n) is 4.71. The maximum atomic E-state index is 12.5. The lowest BCUT2D eigenvalue weighted by Crippen LogP contribution is -2.26. The third-order valence-electron chi connectivity index (χ3n) is 3.18. The minimum absolute atomic E-state index is 0.0458. The largest absolute Gasteiger partial charge is 0.384 e. The predicted molar refractivity (Wildman–Crippen MR) is 85.3 cm³/mol. The summed E-state index contributed by atoms with van der Waals surface area (Å²) in [5, 5.41) is 10.6. The van der Waals surface area contributed by atoms with Crippen molar-refractivity contribution in [3.8, 4) is 11.8 Å². The lowest BCUT2D eigenvalue weighted by Gasteiger charge is -2.18. The maximum Gasteiger partial charge on any atom is 0.265 e. The molecule has 108 valence electrons. The minimum atomic E-state index is -0.206. The van der Waals surface area contributed by atoms with Gasteiger partial charge in [-0.2, -0.15) is 0 Å². The Morgan fingerprint density at radius 3 is 2.81 bits per heavy atom. The third-order valence-corrected chi connectivity index (χ3v) is 4.08. The Morgan fingerprint density at radius 2 is 2.10 bits per heavy atom. The molecule has 0 aliphatic rings. The first-order valence-corrected chi connectivity index (χ1v) is 7.48. The Bertz CT molecular complexity index is 694. The van der Waals surface area contributed by atoms with Crippen molar-refractivity contribution in [1.29, 1.82) is 0 Å². The zero-order chi connectivity index (χ0) is 15.2. The van der Waals surface area contributed by atoms with E-state index >= 15 is 0 Å². The number of carbonyl (C=O) groups excluding carboxylic acids is 1. The van der Waals surface area contributed by atoms with E-state index in [1.165, 1.54) is 16.9 Å². The molecule has 0 bridgehead atoms. The fourth-order valence-electron chi connectivity index (χ4n) is 2.00. The Kier molecular flexibility index (Phi) is 5.15. The fraction of sp³-hybridized carbons (Fsp3) is 0.235. The number of aliphatic hydroxyl groups excluding tert-OH is 1. The van der Waals surface area contributed by atoms with Crippen molar-refractivity contribution in [2.75, 3.05) is 13.7 Å². The predicted octanol–water partition coefficient (Wildman–Crippen LogP) is 2.67. The van der Waals surface area contributed by atoms with Crippen LogP contribution in [-0.2, 0) is 6.54 Å². The van der Waals surface area contributed by atoms with Gasteiger partial charge in [0, 0.05) is 19.2 Å². The van der Waals surface area contributed by atoms with E-state index in [0.717, 1.165) is 5.56 Å². The van der Waals surface area contributed by atoms with E-state index in [1.807, 2.05) is 42.6 Å². The van der Waals surface area contributed by atoms with Gasteiger partial charge >= 0.3 is 0 Å². The molecule has 0 saturated carbocycles. The average molecular weight is 299 g/mol. The van der Waals surface area contributed by atoms with E-state index in [-0.39, 0.29) is 12.5 Å². The molecule has 0 aliphatic carbocycles. The van der Waals surface area contributed by atoms with Gasteiger partial charge in [0.05, 0.1) is 0 Å². The van der Waals surface area contributed by atoms with E-state index in [2.05, 4.69) is 11.8 Å². The van der Waals surface area contributed by atoms with Gasteiger partial charge in [-0.15, -0.1) is 11.3 Å². The molecule has 4 heteroatoms. The Balaban J connectivity index is 2.17. The molecule has 0 unspecified atom stereocenters. The lowest BCUT2D eigenvalue weighted by atomic mass is 10.1. The van der Waals surface area contributed by atoms with Crippen molar-refractivity contribution >= 4 is 17.2 Å². The van der Waals surface area contributed by atoms with Crippen molar-refractivity contribution in [3.63, 3.8) is 0 Å². The number of benzene rings is 1. The van der Waals surface area contributed by atoms with Crippen LogP contribution in [0.25, 0.3) is 0 Å². The summed E-state index contributed by atoms with van der Waals surface area (Å²) in [7, 11) is 1.79. The van der Waals surface area contributed by atoms with Crippen LogP contribution in [0.15, 0.2) is 35.7 Å². The second kappa shape index (κ2) is 7.07. The highest BCUT2D eigenvalue weighted by Gasteiger charge is 2.17. The Labute approximate surface area is 128 Å². The normalized spacial score (nSPS) is 9.86. The average Bonchev–Trinajstić information content (AvgIpc) is 2.95. The highest BCUT2D eigenvalue weighted by molar-refractivity contribution is 7.12. The van der Waals surface area contributed by atoms with Gasteiger partial charge in [-0.05, 0) is 29.5 Å². The molecule has 1 heterocycles. The van der Waals surface area contributed by atoms with Gasteiger partial charge < -0.3 is 10.0 Å². The van der Waals surface area contributed by atoms with E-state index < -0.39 is 0 Å². The molecule has 0 spiro atoms. The van der Waals surface area contributed by atoms with Gasteiger partial charge in [-0.25, -0.2) is 0 Å². The van der Waals surface area contributed by atoms with Crippen LogP contribution in [0, 0.1) is 18.8 Å². The number of amides is 1. The number of aliphatic hydroxyl groups is 1. The standard InChI is InChI=1S/C17H17NO2S/c1-13-6-3-4-7-15(13)12-18(2)17(20)16-14(8-5-10-19)9-11-21-16/h3-4,6-7,9,11,19H,10,12H2,1-2H3. The van der Waals surface area contributed by atoms with E-state index in [0.29, 0.717) is 17.0 Å². The Morgan fingerprint density at radius 1 is 1.33 bits per heavy atom. The SMILES string of the molecule is Cc1ccccc1CN(C)C(=O)c1sccc1C#CCO. The number of carbonyl (C=O) groups is 1. The number of hydrogen-bond donors (Lipinski definition) is 1. The first kappa shape index (κ1) is 15.3. The van der Waals surface area contributed by atoms with Crippen LogP contribution in [0.5, 0.6) is 0 Å². The lowest BCUT2D eigenvalue weighted by molar-refractivity contribution is 0.0789. The molecule has 1 N–H and O–H groups in total. The zero-order valence-corrected chi connectivity index (χ0v) is 12.9. The van der Waals surface area contributed by atoms with Crippen molar-refractivity contribution in [1.82, 2.24) is 4.90 Å². The number of thiophene rings is 1. The van der Waals surface area contributed by atoms with Crippen molar-refractivity contribution < 1.29 is 9.90 Å². The van der Waals surface area contributed by atoms with Crippen molar-refractivity contribution in [2.24, 2.45) is 0 Å². The van der Waals surface area contributed by atoms with Gasteiger partial charge in [0.25, 0.3) is 5.91 Å². The molecule has 1 aromatic heterocycles. The van der Waals surface area contributed by atoms with Crippen LogP contribution >= 0.6 is 11.3 Å². The monoisotopic (exact) mass is 299 g/mol. The maximum absolute atomic E-state index is 12.5. The van der Waals surface area contributed by atoms with Crippen LogP contribution in [0.2, 0.25) is 0 Å². The molecule has 1 aromatic carbocycles. The molecular formula is C17H17NO2S. The van der Waals surface area contributed by atoms with Gasteiger partial charge in [0.1, 0.15) is 11.5 Å². The van der Waals surface area contributed by atoms with Crippen LogP contribution < -0.4 is 0 Å². The summed E-state index contributed by atoms with van der Waals surface area (Å²) in [6.07, 6.45) is 0. The van der Waals surface area contributed by atoms with Crippen molar-refractivity contribution in [3.05, 3.63) is 57.3 Å². The van der Waals surface area contributed by atoms with Gasteiger partial charge in [0.2, 0.25) is 0 Å². The van der Waals surface area contributed by atoms with Crippen LogP contribution in [0.4, 0.5) is 0 Å². The molecular weight excluding hydrogens is 282 g/mol. The molecule has 3 nitrogen and oxygen atoms in total. The summed E-state index contributed by atoms with van der Waals surface area (Å²) in [5.41, 5.74) is 2.98. The van der Waals surface area contributed by atoms with Gasteiger partial charge in [-0.3, -0.25) is 4.79 Å². The molecule has 2 rings (SSSR count). The summed E-state index contributed by atoms with van der Waals surface area (Å²) in [4.78, 5) is 14.8. The summed E-state index contributed by atoms with van der Waals surface area (Å²) < 4.78 is 0. The fourth-order valence-corrected chi connectivity index (χ4v) is 2.84. The Hall–Kier alpha value is -2.09. The molecule has 0 saturated heterocycles. The van der Waals surface area contributed by atoms with Crippen LogP contribution in [0.3, 0.4) is 0 Å². The molecule has 0 radical (unpaired) electrons. The molecule has 1 amide bonds. The quantitative estimate of drug-likeness (QED) is 0.885. The third kappa shape index (κ3) is 3.72. The molecule has 21 heavy (non-hydrogen) atoms. The van der Waals surface area contributed by atoms with E-state index in [4.69, 9.17) is 5.11 Å². The van der Waals surface area contributed by atoms with Gasteiger partial charge in [-0.1, -0.05) is 36.1 Å². The van der Waals surface area contributed by atoms with Gasteiger partial charge in [0.15, 0.2) is 0 Å².